The van der Waals surface area contributed by atoms with Crippen LogP contribution < -0.4 is 0 Å². The average molecular weight is 791 g/mol. The summed E-state index contributed by atoms with van der Waals surface area (Å²) in [4.78, 5) is 10.1. The Bertz CT molecular complexity index is 3550. The second kappa shape index (κ2) is 14.7. The van der Waals surface area contributed by atoms with Crippen LogP contribution >= 0.6 is 0 Å². The third kappa shape index (κ3) is 6.08. The standard InChI is InChI=1S/C58H38N4/c1-4-15-40(16-5-1)52-38-53(41-17-6-2-7-18-41)60-58(59-52)42-29-27-39(28-30-42)45-31-33-50-48-23-10-12-25-54(48)62(57(50)37-45)47-22-14-19-43(35-47)44-32-34-56-51(36-44)49-24-11-13-26-55(49)61(56)46-20-8-3-9-21-46/h1-38H. The van der Waals surface area contributed by atoms with Gasteiger partial charge in [0.15, 0.2) is 5.82 Å². The summed E-state index contributed by atoms with van der Waals surface area (Å²) in [5.41, 5.74) is 16.6. The minimum atomic E-state index is 0.702. The van der Waals surface area contributed by atoms with E-state index in [1.54, 1.807) is 0 Å². The van der Waals surface area contributed by atoms with Crippen LogP contribution in [0, 0.1) is 0 Å². The summed E-state index contributed by atoms with van der Waals surface area (Å²) in [5, 5.41) is 4.94. The van der Waals surface area contributed by atoms with Gasteiger partial charge in [0.25, 0.3) is 0 Å². The summed E-state index contributed by atoms with van der Waals surface area (Å²) in [6.45, 7) is 0. The summed E-state index contributed by atoms with van der Waals surface area (Å²) >= 11 is 0. The lowest BCUT2D eigenvalue weighted by Gasteiger charge is -2.12. The van der Waals surface area contributed by atoms with Crippen LogP contribution in [0.1, 0.15) is 0 Å². The van der Waals surface area contributed by atoms with E-state index in [2.05, 4.69) is 203 Å². The van der Waals surface area contributed by atoms with Gasteiger partial charge in [-0.3, -0.25) is 0 Å². The van der Waals surface area contributed by atoms with Gasteiger partial charge in [-0.1, -0.05) is 170 Å². The molecule has 0 saturated heterocycles. The van der Waals surface area contributed by atoms with E-state index in [0.717, 1.165) is 56.1 Å². The minimum Gasteiger partial charge on any atom is -0.309 e. The number of para-hydroxylation sites is 3. The summed E-state index contributed by atoms with van der Waals surface area (Å²) in [5.74, 6) is 0.702. The fraction of sp³-hybridized carbons (Fsp3) is 0. The maximum absolute atomic E-state index is 5.07. The van der Waals surface area contributed by atoms with Crippen molar-refractivity contribution in [3.05, 3.63) is 231 Å². The number of fused-ring (bicyclic) bond motifs is 6. The Morgan fingerprint density at radius 3 is 1.37 bits per heavy atom. The zero-order valence-corrected chi connectivity index (χ0v) is 33.7. The Hall–Kier alpha value is -8.34. The fourth-order valence-corrected chi connectivity index (χ4v) is 9.16. The van der Waals surface area contributed by atoms with Gasteiger partial charge < -0.3 is 9.13 Å². The van der Waals surface area contributed by atoms with Crippen molar-refractivity contribution >= 4 is 43.6 Å². The van der Waals surface area contributed by atoms with Gasteiger partial charge in [-0.05, 0) is 82.9 Å². The maximum Gasteiger partial charge on any atom is 0.160 e. The molecule has 4 heteroatoms. The summed E-state index contributed by atoms with van der Waals surface area (Å²) in [6, 6.07) is 82.2. The fourth-order valence-electron chi connectivity index (χ4n) is 9.16. The molecule has 0 aliphatic heterocycles. The van der Waals surface area contributed by atoms with E-state index in [9.17, 15) is 0 Å². The van der Waals surface area contributed by atoms with Gasteiger partial charge in [-0.25, -0.2) is 9.97 Å². The number of hydrogen-bond acceptors (Lipinski definition) is 2. The predicted molar refractivity (Wildman–Crippen MR) is 258 cm³/mol. The first-order chi connectivity index (χ1) is 30.7. The molecule has 62 heavy (non-hydrogen) atoms. The van der Waals surface area contributed by atoms with Gasteiger partial charge in [-0.15, -0.1) is 0 Å². The molecule has 3 heterocycles. The number of benzene rings is 9. The highest BCUT2D eigenvalue weighted by Gasteiger charge is 2.17. The number of rotatable bonds is 7. The SMILES string of the molecule is c1ccc(-c2cc(-c3ccccc3)nc(-c3ccc(-c4ccc5c6ccccc6n(-c6cccc(-c7ccc8c(c7)c7ccccc7n8-c7ccccc7)c6)c5c4)cc3)n2)cc1. The molecular weight excluding hydrogens is 753 g/mol. The molecule has 0 unspecified atom stereocenters. The number of nitrogens with zero attached hydrogens (tertiary/aromatic N) is 4. The van der Waals surface area contributed by atoms with Crippen LogP contribution in [0.4, 0.5) is 0 Å². The topological polar surface area (TPSA) is 35.6 Å². The molecule has 0 N–H and O–H groups in total. The zero-order chi connectivity index (χ0) is 41.0. The molecule has 0 aliphatic rings. The second-order valence-corrected chi connectivity index (χ2v) is 15.8. The highest BCUT2D eigenvalue weighted by atomic mass is 15.0. The highest BCUT2D eigenvalue weighted by Crippen LogP contribution is 2.39. The molecule has 9 aromatic carbocycles. The number of hydrogen-bond donors (Lipinski definition) is 0. The molecule has 12 aromatic rings. The Balaban J connectivity index is 0.939. The molecule has 0 atom stereocenters. The van der Waals surface area contributed by atoms with E-state index in [0.29, 0.717) is 5.82 Å². The Morgan fingerprint density at radius 2 is 0.694 bits per heavy atom. The third-order valence-electron chi connectivity index (χ3n) is 12.1. The van der Waals surface area contributed by atoms with E-state index < -0.39 is 0 Å². The predicted octanol–water partition coefficient (Wildman–Crippen LogP) is 15.0. The van der Waals surface area contributed by atoms with Crippen LogP contribution in [0.5, 0.6) is 0 Å². The van der Waals surface area contributed by atoms with Crippen molar-refractivity contribution < 1.29 is 0 Å². The second-order valence-electron chi connectivity index (χ2n) is 15.8. The smallest absolute Gasteiger partial charge is 0.160 e. The monoisotopic (exact) mass is 790 g/mol. The molecule has 3 aromatic heterocycles. The van der Waals surface area contributed by atoms with Crippen LogP contribution in [0.15, 0.2) is 231 Å². The summed E-state index contributed by atoms with van der Waals surface area (Å²) in [7, 11) is 0. The molecule has 0 spiro atoms. The van der Waals surface area contributed by atoms with Crippen molar-refractivity contribution in [2.45, 2.75) is 0 Å². The van der Waals surface area contributed by atoms with Gasteiger partial charge in [0.2, 0.25) is 0 Å². The molecule has 0 amide bonds. The van der Waals surface area contributed by atoms with Crippen LogP contribution in [-0.4, -0.2) is 19.1 Å². The molecule has 290 valence electrons. The zero-order valence-electron chi connectivity index (χ0n) is 33.7. The Morgan fingerprint density at radius 1 is 0.242 bits per heavy atom. The third-order valence-corrected chi connectivity index (χ3v) is 12.1. The van der Waals surface area contributed by atoms with Gasteiger partial charge in [0, 0.05) is 49.6 Å². The summed E-state index contributed by atoms with van der Waals surface area (Å²) < 4.78 is 4.78. The van der Waals surface area contributed by atoms with E-state index in [4.69, 9.17) is 9.97 Å². The van der Waals surface area contributed by atoms with Gasteiger partial charge in [0.05, 0.1) is 33.5 Å². The molecule has 0 aliphatic carbocycles. The molecule has 0 bridgehead atoms. The lowest BCUT2D eigenvalue weighted by atomic mass is 10.0. The molecule has 4 nitrogen and oxygen atoms in total. The first kappa shape index (κ1) is 35.6. The number of aromatic nitrogens is 4. The van der Waals surface area contributed by atoms with Crippen molar-refractivity contribution in [1.29, 1.82) is 0 Å². The average Bonchev–Trinajstić information content (AvgIpc) is 3.87. The first-order valence-electron chi connectivity index (χ1n) is 21.1. The molecule has 0 radical (unpaired) electrons. The molecule has 12 rings (SSSR count). The van der Waals surface area contributed by atoms with Gasteiger partial charge in [0.1, 0.15) is 0 Å². The lowest BCUT2D eigenvalue weighted by molar-refractivity contribution is 1.18. The van der Waals surface area contributed by atoms with Crippen molar-refractivity contribution in [2.24, 2.45) is 0 Å². The largest absolute Gasteiger partial charge is 0.309 e. The molecule has 0 saturated carbocycles. The van der Waals surface area contributed by atoms with Crippen molar-refractivity contribution in [1.82, 2.24) is 19.1 Å². The van der Waals surface area contributed by atoms with Crippen LogP contribution in [0.25, 0.3) is 111 Å². The molecule has 0 fully saturated rings. The van der Waals surface area contributed by atoms with E-state index in [-0.39, 0.29) is 0 Å². The van der Waals surface area contributed by atoms with E-state index in [1.807, 2.05) is 36.4 Å². The van der Waals surface area contributed by atoms with Crippen molar-refractivity contribution in [3.8, 4) is 67.5 Å². The minimum absolute atomic E-state index is 0.702. The quantitative estimate of drug-likeness (QED) is 0.161. The summed E-state index contributed by atoms with van der Waals surface area (Å²) in [6.07, 6.45) is 0. The van der Waals surface area contributed by atoms with Gasteiger partial charge in [-0.2, -0.15) is 0 Å². The van der Waals surface area contributed by atoms with Crippen LogP contribution in [0.3, 0.4) is 0 Å². The van der Waals surface area contributed by atoms with E-state index >= 15 is 0 Å². The lowest BCUT2D eigenvalue weighted by Crippen LogP contribution is -1.96. The maximum atomic E-state index is 5.07. The van der Waals surface area contributed by atoms with Crippen molar-refractivity contribution in [2.75, 3.05) is 0 Å². The van der Waals surface area contributed by atoms with Crippen LogP contribution in [0.2, 0.25) is 0 Å². The van der Waals surface area contributed by atoms with Crippen molar-refractivity contribution in [3.63, 3.8) is 0 Å². The molecular formula is C58H38N4. The highest BCUT2D eigenvalue weighted by molar-refractivity contribution is 6.11. The van der Waals surface area contributed by atoms with E-state index in [1.165, 1.54) is 49.2 Å². The van der Waals surface area contributed by atoms with Gasteiger partial charge >= 0.3 is 0 Å². The normalized spacial score (nSPS) is 11.5. The Labute approximate surface area is 359 Å². The first-order valence-corrected chi connectivity index (χ1v) is 21.1. The Kier molecular flexibility index (Phi) is 8.46. The van der Waals surface area contributed by atoms with Crippen LogP contribution in [-0.2, 0) is 0 Å².